The minimum Gasteiger partial charge on any atom is -0.311 e. The van der Waals surface area contributed by atoms with Gasteiger partial charge in [-0.1, -0.05) is 19.1 Å². The first-order valence-corrected chi connectivity index (χ1v) is 6.55. The molecule has 0 saturated carbocycles. The van der Waals surface area contributed by atoms with Gasteiger partial charge in [-0.2, -0.15) is 13.2 Å². The first-order chi connectivity index (χ1) is 9.45. The predicted octanol–water partition coefficient (Wildman–Crippen LogP) is 3.55. The molecule has 1 atom stereocenters. The van der Waals surface area contributed by atoms with Gasteiger partial charge in [0.2, 0.25) is 0 Å². The van der Waals surface area contributed by atoms with Crippen LogP contribution in [0.3, 0.4) is 0 Å². The van der Waals surface area contributed by atoms with Crippen LogP contribution in [0.1, 0.15) is 24.7 Å². The molecular weight excluding hydrogens is 267 g/mol. The summed E-state index contributed by atoms with van der Waals surface area (Å²) in [7, 11) is 0. The molecule has 1 aliphatic heterocycles. The maximum Gasteiger partial charge on any atom is 0.416 e. The lowest BCUT2D eigenvalue weighted by molar-refractivity contribution is -0.137. The molecule has 0 radical (unpaired) electrons. The summed E-state index contributed by atoms with van der Waals surface area (Å²) in [6.45, 7) is 2.97. The van der Waals surface area contributed by atoms with Crippen LogP contribution in [0.4, 0.5) is 13.2 Å². The number of hydrogen-bond donors (Lipinski definition) is 0. The Morgan fingerprint density at radius 2 is 1.85 bits per heavy atom. The van der Waals surface area contributed by atoms with E-state index in [0.29, 0.717) is 17.3 Å². The maximum absolute atomic E-state index is 12.6. The predicted molar refractivity (Wildman–Crippen MR) is 67.9 cm³/mol. The third-order valence-electron chi connectivity index (χ3n) is 3.65. The summed E-state index contributed by atoms with van der Waals surface area (Å²) in [4.78, 5) is 0. The zero-order chi connectivity index (χ0) is 14.3. The lowest BCUT2D eigenvalue weighted by Gasteiger charge is -2.20. The first-order valence-electron chi connectivity index (χ1n) is 6.55. The summed E-state index contributed by atoms with van der Waals surface area (Å²) in [5, 5.41) is 8.26. The first kappa shape index (κ1) is 13.1. The summed E-state index contributed by atoms with van der Waals surface area (Å²) in [6, 6.07) is 5.09. The Labute approximate surface area is 114 Å². The maximum atomic E-state index is 12.6. The normalized spacial score (nSPS) is 18.9. The zero-order valence-electron chi connectivity index (χ0n) is 11.0. The topological polar surface area (TPSA) is 30.7 Å². The van der Waals surface area contributed by atoms with Crippen molar-refractivity contribution in [2.75, 3.05) is 0 Å². The summed E-state index contributed by atoms with van der Waals surface area (Å²) in [5.41, 5.74) is 0.0267. The van der Waals surface area contributed by atoms with Crippen LogP contribution < -0.4 is 0 Å². The van der Waals surface area contributed by atoms with E-state index in [1.165, 1.54) is 12.1 Å². The van der Waals surface area contributed by atoms with Gasteiger partial charge in [0.1, 0.15) is 5.82 Å². The van der Waals surface area contributed by atoms with Crippen LogP contribution in [0.15, 0.2) is 24.3 Å². The highest BCUT2D eigenvalue weighted by Gasteiger charge is 2.30. The average molecular weight is 281 g/mol. The van der Waals surface area contributed by atoms with Crippen molar-refractivity contribution in [3.05, 3.63) is 35.7 Å². The van der Waals surface area contributed by atoms with Gasteiger partial charge in [-0.3, -0.25) is 0 Å². The molecule has 0 spiro atoms. The van der Waals surface area contributed by atoms with E-state index in [0.717, 1.165) is 37.3 Å². The van der Waals surface area contributed by atoms with Gasteiger partial charge in [0.05, 0.1) is 5.56 Å². The number of halogens is 3. The molecule has 3 rings (SSSR count). The molecule has 2 heterocycles. The van der Waals surface area contributed by atoms with Gasteiger partial charge in [-0.15, -0.1) is 10.2 Å². The van der Waals surface area contributed by atoms with Crippen molar-refractivity contribution >= 4 is 0 Å². The second-order valence-corrected chi connectivity index (χ2v) is 5.27. The number of fused-ring (bicyclic) bond motifs is 1. The molecular formula is C14H14F3N3. The molecule has 1 unspecified atom stereocenters. The van der Waals surface area contributed by atoms with Crippen LogP contribution in [0, 0.1) is 5.92 Å². The molecule has 3 nitrogen and oxygen atoms in total. The molecule has 1 aliphatic rings. The van der Waals surface area contributed by atoms with Crippen molar-refractivity contribution < 1.29 is 13.2 Å². The van der Waals surface area contributed by atoms with Crippen LogP contribution in [0.2, 0.25) is 0 Å². The third kappa shape index (κ3) is 2.30. The molecule has 0 bridgehead atoms. The van der Waals surface area contributed by atoms with Gasteiger partial charge in [0.15, 0.2) is 5.82 Å². The summed E-state index contributed by atoms with van der Waals surface area (Å²) in [6.07, 6.45) is -2.36. The highest BCUT2D eigenvalue weighted by molar-refractivity contribution is 5.56. The zero-order valence-corrected chi connectivity index (χ0v) is 11.0. The minimum atomic E-state index is -4.31. The van der Waals surface area contributed by atoms with Crippen molar-refractivity contribution in [1.29, 1.82) is 0 Å². The Morgan fingerprint density at radius 3 is 2.50 bits per heavy atom. The fourth-order valence-electron chi connectivity index (χ4n) is 2.51. The van der Waals surface area contributed by atoms with Crippen LogP contribution in [0.5, 0.6) is 0 Å². The monoisotopic (exact) mass is 281 g/mol. The Bertz CT molecular complexity index is 614. The molecule has 0 saturated heterocycles. The summed E-state index contributed by atoms with van der Waals surface area (Å²) < 4.78 is 39.7. The molecule has 0 fully saturated rings. The van der Waals surface area contributed by atoms with Gasteiger partial charge in [-0.05, 0) is 24.5 Å². The van der Waals surface area contributed by atoms with E-state index in [4.69, 9.17) is 0 Å². The molecule has 20 heavy (non-hydrogen) atoms. The molecule has 2 aromatic rings. The van der Waals surface area contributed by atoms with Crippen LogP contribution in [-0.4, -0.2) is 14.8 Å². The van der Waals surface area contributed by atoms with Gasteiger partial charge in [-0.25, -0.2) is 0 Å². The highest BCUT2D eigenvalue weighted by Crippen LogP contribution is 2.31. The Morgan fingerprint density at radius 1 is 1.15 bits per heavy atom. The standard InChI is InChI=1S/C14H14F3N3/c1-9-2-7-12-18-19-13(20(12)8-9)10-3-5-11(6-4-10)14(15,16)17/h3-6,9H,2,7-8H2,1H3. The molecule has 106 valence electrons. The number of aromatic nitrogens is 3. The molecule has 0 amide bonds. The number of nitrogens with zero attached hydrogens (tertiary/aromatic N) is 3. The SMILES string of the molecule is CC1CCc2nnc(-c3ccc(C(F)(F)F)cc3)n2C1. The quantitative estimate of drug-likeness (QED) is 0.800. The van der Waals surface area contributed by atoms with Crippen LogP contribution >= 0.6 is 0 Å². The smallest absolute Gasteiger partial charge is 0.311 e. The second-order valence-electron chi connectivity index (χ2n) is 5.27. The summed E-state index contributed by atoms with van der Waals surface area (Å²) >= 11 is 0. The Kier molecular flexibility index (Phi) is 3.03. The molecule has 0 aliphatic carbocycles. The van der Waals surface area contributed by atoms with Gasteiger partial charge in [0.25, 0.3) is 0 Å². The molecule has 1 aromatic carbocycles. The van der Waals surface area contributed by atoms with Crippen molar-refractivity contribution in [1.82, 2.24) is 14.8 Å². The van der Waals surface area contributed by atoms with Crippen molar-refractivity contribution in [2.45, 2.75) is 32.5 Å². The van der Waals surface area contributed by atoms with Gasteiger partial charge in [0, 0.05) is 18.5 Å². The Hall–Kier alpha value is -1.85. The molecule has 6 heteroatoms. The highest BCUT2D eigenvalue weighted by atomic mass is 19.4. The second kappa shape index (κ2) is 4.61. The average Bonchev–Trinajstić information content (AvgIpc) is 2.81. The lowest BCUT2D eigenvalue weighted by Crippen LogP contribution is -2.18. The fraction of sp³-hybridized carbons (Fsp3) is 0.429. The lowest BCUT2D eigenvalue weighted by atomic mass is 10.0. The van der Waals surface area contributed by atoms with E-state index < -0.39 is 11.7 Å². The number of benzene rings is 1. The van der Waals surface area contributed by atoms with Crippen LogP contribution in [0.25, 0.3) is 11.4 Å². The number of rotatable bonds is 1. The van der Waals surface area contributed by atoms with E-state index in [-0.39, 0.29) is 0 Å². The fourth-order valence-corrected chi connectivity index (χ4v) is 2.51. The Balaban J connectivity index is 1.96. The van der Waals surface area contributed by atoms with E-state index in [1.807, 2.05) is 4.57 Å². The van der Waals surface area contributed by atoms with Crippen molar-refractivity contribution in [3.8, 4) is 11.4 Å². The van der Waals surface area contributed by atoms with Gasteiger partial charge < -0.3 is 4.57 Å². The van der Waals surface area contributed by atoms with Crippen molar-refractivity contribution in [2.24, 2.45) is 5.92 Å². The third-order valence-corrected chi connectivity index (χ3v) is 3.65. The minimum absolute atomic E-state index is 0.534. The van der Waals surface area contributed by atoms with E-state index >= 15 is 0 Å². The number of aryl methyl sites for hydroxylation is 1. The molecule has 0 N–H and O–H groups in total. The molecule has 1 aromatic heterocycles. The van der Waals surface area contributed by atoms with E-state index in [2.05, 4.69) is 17.1 Å². The van der Waals surface area contributed by atoms with E-state index in [1.54, 1.807) is 0 Å². The van der Waals surface area contributed by atoms with E-state index in [9.17, 15) is 13.2 Å². The van der Waals surface area contributed by atoms with Crippen molar-refractivity contribution in [3.63, 3.8) is 0 Å². The number of alkyl halides is 3. The number of hydrogen-bond acceptors (Lipinski definition) is 2. The van der Waals surface area contributed by atoms with Gasteiger partial charge >= 0.3 is 6.18 Å². The summed E-state index contributed by atoms with van der Waals surface area (Å²) in [5.74, 6) is 2.10. The largest absolute Gasteiger partial charge is 0.416 e. The van der Waals surface area contributed by atoms with Crippen LogP contribution in [-0.2, 0) is 19.1 Å².